The predicted molar refractivity (Wildman–Crippen MR) is 95.3 cm³/mol. The van der Waals surface area contributed by atoms with Crippen molar-refractivity contribution in [2.45, 2.75) is 32.2 Å². The van der Waals surface area contributed by atoms with Gasteiger partial charge in [-0.15, -0.1) is 16.1 Å². The molecule has 0 saturated heterocycles. The molecule has 6 nitrogen and oxygen atoms in total. The molecule has 0 bridgehead atoms. The molecule has 1 aromatic carbocycles. The van der Waals surface area contributed by atoms with Gasteiger partial charge in [0.2, 0.25) is 5.82 Å². The van der Waals surface area contributed by atoms with Gasteiger partial charge in [0, 0.05) is 11.4 Å². The van der Waals surface area contributed by atoms with E-state index in [0.29, 0.717) is 20.5 Å². The Hall–Kier alpha value is -2.74. The molecule has 1 aliphatic rings. The van der Waals surface area contributed by atoms with Crippen molar-refractivity contribution in [1.82, 2.24) is 15.0 Å². The fraction of sp³-hybridized carbons (Fsp3) is 0.278. The Bertz CT molecular complexity index is 1060. The van der Waals surface area contributed by atoms with Crippen molar-refractivity contribution in [3.8, 4) is 0 Å². The standard InChI is InChI=1S/C18H16FN3O3S/c19-11-7-5-10(6-8-11)9-20-16(23)15-21-17-14(18(24)22(15)25)12-3-1-2-4-13(12)26-17/h5-8,25H,1-4,9H2,(H,20,23). The van der Waals surface area contributed by atoms with Crippen LogP contribution in [0.2, 0.25) is 0 Å². The molecule has 8 heteroatoms. The number of nitrogens with one attached hydrogen (secondary N) is 1. The van der Waals surface area contributed by atoms with Crippen LogP contribution in [0.1, 0.15) is 39.5 Å². The molecular weight excluding hydrogens is 357 g/mol. The van der Waals surface area contributed by atoms with E-state index in [-0.39, 0.29) is 18.2 Å². The maximum absolute atomic E-state index is 12.9. The summed E-state index contributed by atoms with van der Waals surface area (Å²) in [6, 6.07) is 5.69. The van der Waals surface area contributed by atoms with Crippen molar-refractivity contribution in [3.63, 3.8) is 0 Å². The molecule has 2 N–H and O–H groups in total. The van der Waals surface area contributed by atoms with E-state index >= 15 is 0 Å². The van der Waals surface area contributed by atoms with Crippen molar-refractivity contribution >= 4 is 27.5 Å². The molecular formula is C18H16FN3O3S. The second-order valence-corrected chi connectivity index (χ2v) is 7.34. The third-order valence-corrected chi connectivity index (χ3v) is 5.72. The van der Waals surface area contributed by atoms with Gasteiger partial charge >= 0.3 is 0 Å². The van der Waals surface area contributed by atoms with Crippen LogP contribution in [0.3, 0.4) is 0 Å². The third kappa shape index (κ3) is 2.86. The number of hydrogen-bond acceptors (Lipinski definition) is 5. The van der Waals surface area contributed by atoms with Crippen molar-refractivity contribution in [3.05, 3.63) is 62.3 Å². The normalized spacial score (nSPS) is 13.6. The first-order valence-electron chi connectivity index (χ1n) is 8.34. The molecule has 0 radical (unpaired) electrons. The van der Waals surface area contributed by atoms with E-state index in [1.807, 2.05) is 0 Å². The van der Waals surface area contributed by atoms with Gasteiger partial charge in [-0.1, -0.05) is 12.1 Å². The van der Waals surface area contributed by atoms with Crippen LogP contribution in [-0.2, 0) is 19.4 Å². The maximum atomic E-state index is 12.9. The number of aromatic nitrogens is 2. The Kier molecular flexibility index (Phi) is 4.20. The topological polar surface area (TPSA) is 84.2 Å². The highest BCUT2D eigenvalue weighted by atomic mass is 32.1. The van der Waals surface area contributed by atoms with Crippen molar-refractivity contribution in [2.75, 3.05) is 0 Å². The summed E-state index contributed by atoms with van der Waals surface area (Å²) in [7, 11) is 0. The summed E-state index contributed by atoms with van der Waals surface area (Å²) in [5.74, 6) is -1.37. The molecule has 0 saturated carbocycles. The minimum absolute atomic E-state index is 0.133. The van der Waals surface area contributed by atoms with Gasteiger partial charge in [0.15, 0.2) is 0 Å². The second kappa shape index (κ2) is 6.53. The lowest BCUT2D eigenvalue weighted by atomic mass is 9.97. The van der Waals surface area contributed by atoms with Crippen molar-refractivity contribution in [1.29, 1.82) is 0 Å². The van der Waals surface area contributed by atoms with Crippen LogP contribution >= 0.6 is 11.3 Å². The van der Waals surface area contributed by atoms with E-state index in [4.69, 9.17) is 0 Å². The highest BCUT2D eigenvalue weighted by Gasteiger charge is 2.24. The van der Waals surface area contributed by atoms with E-state index in [0.717, 1.165) is 36.1 Å². The number of halogens is 1. The smallest absolute Gasteiger partial charge is 0.295 e. The summed E-state index contributed by atoms with van der Waals surface area (Å²) in [4.78, 5) is 30.8. The molecule has 134 valence electrons. The largest absolute Gasteiger partial charge is 0.423 e. The highest BCUT2D eigenvalue weighted by molar-refractivity contribution is 7.18. The average Bonchev–Trinajstić information content (AvgIpc) is 3.02. The number of carbonyl (C=O) groups excluding carboxylic acids is 1. The zero-order chi connectivity index (χ0) is 18.3. The molecule has 0 fully saturated rings. The zero-order valence-corrected chi connectivity index (χ0v) is 14.6. The van der Waals surface area contributed by atoms with E-state index < -0.39 is 11.5 Å². The lowest BCUT2D eigenvalue weighted by Crippen LogP contribution is -2.32. The zero-order valence-electron chi connectivity index (χ0n) is 13.8. The number of aryl methyl sites for hydroxylation is 2. The Morgan fingerprint density at radius 1 is 1.27 bits per heavy atom. The molecule has 0 spiro atoms. The Balaban J connectivity index is 1.65. The monoisotopic (exact) mass is 373 g/mol. The van der Waals surface area contributed by atoms with Crippen molar-refractivity contribution < 1.29 is 14.4 Å². The number of fused-ring (bicyclic) bond motifs is 3. The van der Waals surface area contributed by atoms with Gasteiger partial charge in [-0.25, -0.2) is 9.37 Å². The number of benzene rings is 1. The van der Waals surface area contributed by atoms with Gasteiger partial charge < -0.3 is 10.5 Å². The number of thiophene rings is 1. The fourth-order valence-electron chi connectivity index (χ4n) is 3.21. The molecule has 1 aliphatic carbocycles. The van der Waals surface area contributed by atoms with Crippen LogP contribution in [0.25, 0.3) is 10.2 Å². The predicted octanol–water partition coefficient (Wildman–Crippen LogP) is 2.64. The summed E-state index contributed by atoms with van der Waals surface area (Å²) in [5, 5.41) is 13.2. The molecule has 3 aromatic rings. The van der Waals surface area contributed by atoms with Crippen molar-refractivity contribution in [2.24, 2.45) is 0 Å². The van der Waals surface area contributed by atoms with Gasteiger partial charge in [0.25, 0.3) is 11.5 Å². The van der Waals surface area contributed by atoms with Crippen LogP contribution < -0.4 is 10.9 Å². The Morgan fingerprint density at radius 2 is 2.00 bits per heavy atom. The summed E-state index contributed by atoms with van der Waals surface area (Å²) < 4.78 is 13.2. The van der Waals surface area contributed by atoms with Gasteiger partial charge in [0.1, 0.15) is 10.6 Å². The van der Waals surface area contributed by atoms with Crippen LogP contribution in [0.15, 0.2) is 29.1 Å². The van der Waals surface area contributed by atoms with Crippen LogP contribution in [-0.4, -0.2) is 20.8 Å². The van der Waals surface area contributed by atoms with E-state index in [2.05, 4.69) is 10.3 Å². The summed E-state index contributed by atoms with van der Waals surface area (Å²) >= 11 is 1.41. The Labute approximate surface area is 151 Å². The lowest BCUT2D eigenvalue weighted by Gasteiger charge is -2.10. The minimum atomic E-state index is -0.665. The molecule has 4 rings (SSSR count). The number of rotatable bonds is 3. The average molecular weight is 373 g/mol. The van der Waals surface area contributed by atoms with E-state index in [9.17, 15) is 19.2 Å². The highest BCUT2D eigenvalue weighted by Crippen LogP contribution is 2.33. The van der Waals surface area contributed by atoms with Crippen LogP contribution in [0, 0.1) is 5.82 Å². The third-order valence-electron chi connectivity index (χ3n) is 4.54. The first kappa shape index (κ1) is 16.7. The summed E-state index contributed by atoms with van der Waals surface area (Å²) in [5.41, 5.74) is 1.04. The minimum Gasteiger partial charge on any atom is -0.423 e. The molecule has 2 aromatic heterocycles. The first-order valence-corrected chi connectivity index (χ1v) is 9.15. The number of carbonyl (C=O) groups is 1. The maximum Gasteiger partial charge on any atom is 0.295 e. The summed E-state index contributed by atoms with van der Waals surface area (Å²) in [6.07, 6.45) is 3.76. The molecule has 2 heterocycles. The lowest BCUT2D eigenvalue weighted by molar-refractivity contribution is 0.0878. The second-order valence-electron chi connectivity index (χ2n) is 6.25. The first-order chi connectivity index (χ1) is 12.5. The van der Waals surface area contributed by atoms with E-state index in [1.54, 1.807) is 12.1 Å². The van der Waals surface area contributed by atoms with Gasteiger partial charge in [0.05, 0.1) is 5.39 Å². The molecule has 1 amide bonds. The fourth-order valence-corrected chi connectivity index (χ4v) is 4.46. The molecule has 0 aliphatic heterocycles. The van der Waals surface area contributed by atoms with Gasteiger partial charge in [-0.3, -0.25) is 9.59 Å². The van der Waals surface area contributed by atoms with Gasteiger partial charge in [-0.05, 0) is 48.9 Å². The van der Waals surface area contributed by atoms with Crippen LogP contribution in [0.5, 0.6) is 0 Å². The Morgan fingerprint density at radius 3 is 2.77 bits per heavy atom. The van der Waals surface area contributed by atoms with Crippen LogP contribution in [0.4, 0.5) is 4.39 Å². The quantitative estimate of drug-likeness (QED) is 0.692. The van der Waals surface area contributed by atoms with E-state index in [1.165, 1.54) is 23.5 Å². The number of amides is 1. The van der Waals surface area contributed by atoms with Gasteiger partial charge in [-0.2, -0.15) is 0 Å². The summed E-state index contributed by atoms with van der Waals surface area (Å²) in [6.45, 7) is 0.133. The number of hydrogen-bond donors (Lipinski definition) is 2. The number of nitrogens with zero attached hydrogens (tertiary/aromatic N) is 2. The molecule has 0 atom stereocenters. The molecule has 26 heavy (non-hydrogen) atoms. The SMILES string of the molecule is O=C(NCc1ccc(F)cc1)c1nc2sc3c(c2c(=O)n1O)CCCC3. The molecule has 0 unspecified atom stereocenters.